The summed E-state index contributed by atoms with van der Waals surface area (Å²) < 4.78 is 10.2. The first kappa shape index (κ1) is 35.1. The van der Waals surface area contributed by atoms with E-state index in [1.165, 1.54) is 25.0 Å². The van der Waals surface area contributed by atoms with Gasteiger partial charge < -0.3 is 36.3 Å². The van der Waals surface area contributed by atoms with Crippen LogP contribution in [0.15, 0.2) is 48.5 Å². The fourth-order valence-corrected chi connectivity index (χ4v) is 3.21. The van der Waals surface area contributed by atoms with Gasteiger partial charge in [0.05, 0.1) is 5.56 Å². The zero-order valence-corrected chi connectivity index (χ0v) is 26.0. The molecule has 0 atom stereocenters. The molecule has 2 fully saturated rings. The summed E-state index contributed by atoms with van der Waals surface area (Å²) in [5.41, 5.74) is 6.54. The zero-order chi connectivity index (χ0) is 32.2. The molecule has 0 aliphatic heterocycles. The molecule has 0 unspecified atom stereocenters. The van der Waals surface area contributed by atoms with Gasteiger partial charge in [0.1, 0.15) is 11.2 Å². The molecule has 0 bridgehead atoms. The van der Waals surface area contributed by atoms with Gasteiger partial charge in [0.15, 0.2) is 0 Å². The summed E-state index contributed by atoms with van der Waals surface area (Å²) in [7, 11) is 0. The van der Waals surface area contributed by atoms with Crippen LogP contribution >= 0.6 is 0 Å². The summed E-state index contributed by atoms with van der Waals surface area (Å²) in [5, 5.41) is 17.0. The van der Waals surface area contributed by atoms with E-state index in [9.17, 15) is 19.2 Å². The van der Waals surface area contributed by atoms with Gasteiger partial charge in [-0.1, -0.05) is 24.3 Å². The summed E-state index contributed by atoms with van der Waals surface area (Å²) in [6, 6.07) is 14.5. The van der Waals surface area contributed by atoms with Crippen LogP contribution in [-0.2, 0) is 22.6 Å². The van der Waals surface area contributed by atoms with Crippen molar-refractivity contribution in [3.63, 3.8) is 0 Å². The highest BCUT2D eigenvalue weighted by Crippen LogP contribution is 2.19. The molecule has 0 heterocycles. The maximum atomic E-state index is 11.9. The Morgan fingerprint density at radius 3 is 1.56 bits per heavy atom. The molecule has 43 heavy (non-hydrogen) atoms. The van der Waals surface area contributed by atoms with Gasteiger partial charge in [0.25, 0.3) is 5.91 Å². The third-order valence-electron chi connectivity index (χ3n) is 5.57. The smallest absolute Gasteiger partial charge is 0.407 e. The molecule has 0 aromatic heterocycles. The highest BCUT2D eigenvalue weighted by Gasteiger charge is 2.24. The van der Waals surface area contributed by atoms with E-state index >= 15 is 0 Å². The standard InChI is InChI=1S/C16H22N2O3.C13H17NO4.C3H7N/c1-16(2,3)21-15(20)17-10-11-5-4-6-12(9-11)14(19)18-13-7-8-13;1-13(2,3)18-12(17)14-8-9-5-4-6-10(7-9)11(15)16;4-3-1-2-3/h4-6,9,13H,7-8,10H2,1-3H3,(H,17,20)(H,18,19);4-7H,8H2,1-3H3,(H,14,17)(H,15,16);3H,1-2,4H2. The lowest BCUT2D eigenvalue weighted by atomic mass is 10.1. The molecule has 2 aliphatic carbocycles. The maximum Gasteiger partial charge on any atom is 0.407 e. The van der Waals surface area contributed by atoms with E-state index in [0.717, 1.165) is 18.4 Å². The number of amides is 3. The molecular weight excluding hydrogens is 552 g/mol. The van der Waals surface area contributed by atoms with E-state index < -0.39 is 29.4 Å². The van der Waals surface area contributed by atoms with Crippen LogP contribution in [0.5, 0.6) is 0 Å². The second-order valence-corrected chi connectivity index (χ2v) is 12.5. The third-order valence-corrected chi connectivity index (χ3v) is 5.57. The first-order valence-corrected chi connectivity index (χ1v) is 14.4. The van der Waals surface area contributed by atoms with Crippen molar-refractivity contribution in [2.24, 2.45) is 5.73 Å². The number of aromatic carboxylic acids is 1. The Balaban J connectivity index is 0.000000267. The molecule has 6 N–H and O–H groups in total. The highest BCUT2D eigenvalue weighted by atomic mass is 16.6. The number of hydrogen-bond donors (Lipinski definition) is 5. The van der Waals surface area contributed by atoms with Crippen molar-refractivity contribution in [1.82, 2.24) is 16.0 Å². The van der Waals surface area contributed by atoms with Gasteiger partial charge in [0.2, 0.25) is 0 Å². The summed E-state index contributed by atoms with van der Waals surface area (Å²) in [5.74, 6) is -1.05. The SMILES string of the molecule is CC(C)(C)OC(=O)NCc1cccc(C(=O)NC2CC2)c1.CC(C)(C)OC(=O)NCc1cccc(C(=O)O)c1.NC1CC1. The van der Waals surface area contributed by atoms with E-state index in [1.807, 2.05) is 32.9 Å². The second-order valence-electron chi connectivity index (χ2n) is 12.5. The van der Waals surface area contributed by atoms with E-state index in [1.54, 1.807) is 45.0 Å². The summed E-state index contributed by atoms with van der Waals surface area (Å²) in [4.78, 5) is 45.7. The molecule has 2 aromatic rings. The number of ether oxygens (including phenoxy) is 2. The van der Waals surface area contributed by atoms with Crippen LogP contribution in [0.1, 0.15) is 99.1 Å². The minimum absolute atomic E-state index is 0.0587. The van der Waals surface area contributed by atoms with Gasteiger partial charge in [-0.05, 0) is 103 Å². The normalized spacial score (nSPS) is 14.0. The van der Waals surface area contributed by atoms with E-state index in [-0.39, 0.29) is 18.0 Å². The van der Waals surface area contributed by atoms with Crippen molar-refractivity contribution < 1.29 is 33.8 Å². The Bertz CT molecular complexity index is 1240. The van der Waals surface area contributed by atoms with Crippen molar-refractivity contribution >= 4 is 24.1 Å². The number of carbonyl (C=O) groups is 4. The van der Waals surface area contributed by atoms with Crippen molar-refractivity contribution in [1.29, 1.82) is 0 Å². The molecule has 11 nitrogen and oxygen atoms in total. The molecule has 236 valence electrons. The quantitative estimate of drug-likeness (QED) is 0.292. The topological polar surface area (TPSA) is 169 Å². The van der Waals surface area contributed by atoms with Crippen LogP contribution in [0.2, 0.25) is 0 Å². The van der Waals surface area contributed by atoms with E-state index in [2.05, 4.69) is 16.0 Å². The number of alkyl carbamates (subject to hydrolysis) is 2. The number of nitrogens with two attached hydrogens (primary N) is 1. The number of carbonyl (C=O) groups excluding carboxylic acids is 3. The number of rotatable bonds is 7. The molecule has 2 aliphatic rings. The van der Waals surface area contributed by atoms with Crippen molar-refractivity contribution in [2.45, 2.75) is 104 Å². The minimum Gasteiger partial charge on any atom is -0.478 e. The second kappa shape index (κ2) is 15.9. The summed E-state index contributed by atoms with van der Waals surface area (Å²) >= 11 is 0. The number of benzene rings is 2. The molecule has 11 heteroatoms. The number of carboxylic acids is 1. The van der Waals surface area contributed by atoms with Crippen LogP contribution in [0.4, 0.5) is 9.59 Å². The predicted octanol–water partition coefficient (Wildman–Crippen LogP) is 5.12. The number of carboxylic acid groups (broad SMARTS) is 1. The number of hydrogen-bond acceptors (Lipinski definition) is 7. The molecule has 0 radical (unpaired) electrons. The number of nitrogens with one attached hydrogen (secondary N) is 3. The fourth-order valence-electron chi connectivity index (χ4n) is 3.21. The first-order valence-electron chi connectivity index (χ1n) is 14.4. The van der Waals surface area contributed by atoms with Crippen LogP contribution in [0, 0.1) is 0 Å². The Kier molecular flexibility index (Phi) is 13.0. The molecule has 2 saturated carbocycles. The summed E-state index contributed by atoms with van der Waals surface area (Å²) in [6.07, 6.45) is 3.66. The maximum absolute atomic E-state index is 11.9. The van der Waals surface area contributed by atoms with Crippen LogP contribution in [0.25, 0.3) is 0 Å². The van der Waals surface area contributed by atoms with Crippen LogP contribution in [0.3, 0.4) is 0 Å². The lowest BCUT2D eigenvalue weighted by molar-refractivity contribution is 0.0512. The van der Waals surface area contributed by atoms with Gasteiger partial charge >= 0.3 is 18.2 Å². The molecular formula is C32H46N4O7. The molecule has 0 saturated heterocycles. The fraction of sp³-hybridized carbons (Fsp3) is 0.500. The molecule has 3 amide bonds. The largest absolute Gasteiger partial charge is 0.478 e. The van der Waals surface area contributed by atoms with Crippen molar-refractivity contribution in [3.8, 4) is 0 Å². The van der Waals surface area contributed by atoms with Crippen molar-refractivity contribution in [3.05, 3.63) is 70.8 Å². The average molecular weight is 599 g/mol. The summed E-state index contributed by atoms with van der Waals surface area (Å²) in [6.45, 7) is 11.3. The van der Waals surface area contributed by atoms with Crippen LogP contribution < -0.4 is 21.7 Å². The molecule has 4 rings (SSSR count). The molecule has 0 spiro atoms. The van der Waals surface area contributed by atoms with E-state index in [4.69, 9.17) is 20.3 Å². The third kappa shape index (κ3) is 16.8. The Labute approximate surface area is 253 Å². The lowest BCUT2D eigenvalue weighted by Crippen LogP contribution is -2.32. The first-order chi connectivity index (χ1) is 20.0. The van der Waals surface area contributed by atoms with Gasteiger partial charge in [-0.3, -0.25) is 4.79 Å². The lowest BCUT2D eigenvalue weighted by Gasteiger charge is -2.19. The minimum atomic E-state index is -0.992. The Hall–Kier alpha value is -4.12. The van der Waals surface area contributed by atoms with Gasteiger partial charge in [-0.25, -0.2) is 14.4 Å². The zero-order valence-electron chi connectivity index (χ0n) is 26.0. The van der Waals surface area contributed by atoms with Gasteiger partial charge in [-0.2, -0.15) is 0 Å². The average Bonchev–Trinajstić information content (AvgIpc) is 3.84. The Morgan fingerprint density at radius 1 is 0.767 bits per heavy atom. The van der Waals surface area contributed by atoms with Gasteiger partial charge in [-0.15, -0.1) is 0 Å². The van der Waals surface area contributed by atoms with E-state index in [0.29, 0.717) is 29.8 Å². The Morgan fingerprint density at radius 2 is 1.19 bits per heavy atom. The highest BCUT2D eigenvalue weighted by molar-refractivity contribution is 5.94. The van der Waals surface area contributed by atoms with Gasteiger partial charge in [0, 0.05) is 30.7 Å². The predicted molar refractivity (Wildman–Crippen MR) is 164 cm³/mol. The van der Waals surface area contributed by atoms with Crippen LogP contribution in [-0.4, -0.2) is 52.5 Å². The molecule has 2 aromatic carbocycles. The van der Waals surface area contributed by atoms with Crippen molar-refractivity contribution in [2.75, 3.05) is 0 Å². The monoisotopic (exact) mass is 598 g/mol.